The molecule has 1 atom stereocenters. The third-order valence-electron chi connectivity index (χ3n) is 2.62. The summed E-state index contributed by atoms with van der Waals surface area (Å²) in [6.07, 6.45) is 2.35. The number of carbonyl (C=O) groups excluding carboxylic acids is 1. The number of nitrogens with zero attached hydrogens (tertiary/aromatic N) is 1. The van der Waals surface area contributed by atoms with Gasteiger partial charge in [0, 0.05) is 0 Å². The van der Waals surface area contributed by atoms with Crippen LogP contribution in [0.2, 0.25) is 0 Å². The number of nitrogens with one attached hydrogen (secondary N) is 1. The summed E-state index contributed by atoms with van der Waals surface area (Å²) in [6.45, 7) is 5.36. The minimum absolute atomic E-state index is 0.157. The lowest BCUT2D eigenvalue weighted by atomic mass is 10.1. The second-order valence-corrected chi connectivity index (χ2v) is 3.58. The van der Waals surface area contributed by atoms with Crippen molar-refractivity contribution in [3.05, 3.63) is 24.2 Å². The number of hydrogen-bond acceptors (Lipinski definition) is 4. The standard InChI is InChI=1S/C11H19N3O2/c1-3-10(11(15)13-12)14(4-2)8-9-6-5-7-16-9/h5-7,10H,3-4,8,12H2,1-2H3,(H,13,15). The molecule has 0 radical (unpaired) electrons. The number of nitrogens with two attached hydrogens (primary N) is 1. The molecule has 90 valence electrons. The molecular weight excluding hydrogens is 206 g/mol. The first-order chi connectivity index (χ1) is 7.72. The summed E-state index contributed by atoms with van der Waals surface area (Å²) >= 11 is 0. The van der Waals surface area contributed by atoms with Gasteiger partial charge in [-0.15, -0.1) is 0 Å². The highest BCUT2D eigenvalue weighted by Gasteiger charge is 2.22. The van der Waals surface area contributed by atoms with Crippen molar-refractivity contribution in [1.29, 1.82) is 0 Å². The zero-order valence-corrected chi connectivity index (χ0v) is 9.77. The predicted molar refractivity (Wildman–Crippen MR) is 61.2 cm³/mol. The quantitative estimate of drug-likeness (QED) is 0.428. The highest BCUT2D eigenvalue weighted by Crippen LogP contribution is 2.11. The Labute approximate surface area is 95.6 Å². The van der Waals surface area contributed by atoms with Gasteiger partial charge in [-0.25, -0.2) is 5.84 Å². The minimum Gasteiger partial charge on any atom is -0.468 e. The molecule has 0 saturated carbocycles. The van der Waals surface area contributed by atoms with Crippen molar-refractivity contribution in [2.24, 2.45) is 5.84 Å². The van der Waals surface area contributed by atoms with Gasteiger partial charge in [-0.2, -0.15) is 0 Å². The summed E-state index contributed by atoms with van der Waals surface area (Å²) in [5.41, 5.74) is 2.20. The molecule has 0 bridgehead atoms. The Kier molecular flexibility index (Phi) is 5.01. The van der Waals surface area contributed by atoms with E-state index in [1.54, 1.807) is 6.26 Å². The van der Waals surface area contributed by atoms with E-state index in [1.165, 1.54) is 0 Å². The molecule has 5 nitrogen and oxygen atoms in total. The average Bonchev–Trinajstić information content (AvgIpc) is 2.81. The lowest BCUT2D eigenvalue weighted by Gasteiger charge is -2.27. The summed E-state index contributed by atoms with van der Waals surface area (Å²) in [7, 11) is 0. The maximum Gasteiger partial charge on any atom is 0.251 e. The van der Waals surface area contributed by atoms with Crippen LogP contribution in [0.1, 0.15) is 26.0 Å². The maximum absolute atomic E-state index is 11.6. The lowest BCUT2D eigenvalue weighted by molar-refractivity contribution is -0.126. The molecule has 1 amide bonds. The largest absolute Gasteiger partial charge is 0.468 e. The van der Waals surface area contributed by atoms with Crippen molar-refractivity contribution in [2.45, 2.75) is 32.9 Å². The summed E-state index contributed by atoms with van der Waals surface area (Å²) < 4.78 is 5.27. The summed E-state index contributed by atoms with van der Waals surface area (Å²) in [4.78, 5) is 13.6. The van der Waals surface area contributed by atoms with Crippen LogP contribution < -0.4 is 11.3 Å². The van der Waals surface area contributed by atoms with Gasteiger partial charge in [-0.3, -0.25) is 15.1 Å². The number of likely N-dealkylation sites (N-methyl/N-ethyl adjacent to an activating group) is 1. The molecule has 0 aliphatic rings. The number of hydrogen-bond donors (Lipinski definition) is 2. The number of rotatable bonds is 6. The minimum atomic E-state index is -0.208. The Bertz CT molecular complexity index is 311. The smallest absolute Gasteiger partial charge is 0.251 e. The maximum atomic E-state index is 11.6. The van der Waals surface area contributed by atoms with Crippen molar-refractivity contribution < 1.29 is 9.21 Å². The third-order valence-corrected chi connectivity index (χ3v) is 2.62. The van der Waals surface area contributed by atoms with Gasteiger partial charge in [0.25, 0.3) is 5.91 Å². The Morgan fingerprint density at radius 2 is 2.38 bits per heavy atom. The van der Waals surface area contributed by atoms with Crippen LogP contribution in [0.25, 0.3) is 0 Å². The molecule has 0 aliphatic heterocycles. The van der Waals surface area contributed by atoms with Crippen LogP contribution in [0, 0.1) is 0 Å². The third kappa shape index (κ3) is 3.08. The molecule has 0 aromatic carbocycles. The second-order valence-electron chi connectivity index (χ2n) is 3.58. The monoisotopic (exact) mass is 225 g/mol. The van der Waals surface area contributed by atoms with E-state index in [4.69, 9.17) is 10.3 Å². The van der Waals surface area contributed by atoms with E-state index >= 15 is 0 Å². The molecule has 16 heavy (non-hydrogen) atoms. The fraction of sp³-hybridized carbons (Fsp3) is 0.545. The summed E-state index contributed by atoms with van der Waals surface area (Å²) in [6, 6.07) is 3.53. The van der Waals surface area contributed by atoms with Gasteiger partial charge in [0.15, 0.2) is 0 Å². The molecule has 0 fully saturated rings. The Balaban J connectivity index is 2.67. The van der Waals surface area contributed by atoms with E-state index in [2.05, 4.69) is 5.43 Å². The summed E-state index contributed by atoms with van der Waals surface area (Å²) in [5.74, 6) is 5.86. The van der Waals surface area contributed by atoms with Crippen molar-refractivity contribution in [2.75, 3.05) is 6.54 Å². The zero-order valence-electron chi connectivity index (χ0n) is 9.77. The van der Waals surface area contributed by atoms with Gasteiger partial charge >= 0.3 is 0 Å². The molecule has 1 aromatic rings. The number of amides is 1. The first-order valence-electron chi connectivity index (χ1n) is 5.49. The van der Waals surface area contributed by atoms with Gasteiger partial charge in [-0.05, 0) is 25.1 Å². The van der Waals surface area contributed by atoms with E-state index in [9.17, 15) is 4.79 Å². The van der Waals surface area contributed by atoms with Gasteiger partial charge in [0.05, 0.1) is 18.8 Å². The van der Waals surface area contributed by atoms with Crippen LogP contribution >= 0.6 is 0 Å². The molecule has 0 aliphatic carbocycles. The molecule has 0 saturated heterocycles. The van der Waals surface area contributed by atoms with E-state index < -0.39 is 0 Å². The molecule has 5 heteroatoms. The van der Waals surface area contributed by atoms with Crippen LogP contribution in [0.3, 0.4) is 0 Å². The highest BCUT2D eigenvalue weighted by molar-refractivity contribution is 5.81. The fourth-order valence-electron chi connectivity index (χ4n) is 1.75. The van der Waals surface area contributed by atoms with Crippen molar-refractivity contribution >= 4 is 5.91 Å². The van der Waals surface area contributed by atoms with E-state index in [-0.39, 0.29) is 11.9 Å². The Morgan fingerprint density at radius 3 is 2.81 bits per heavy atom. The second kappa shape index (κ2) is 6.30. The Hall–Kier alpha value is -1.33. The van der Waals surface area contributed by atoms with Crippen LogP contribution in [0.15, 0.2) is 22.8 Å². The number of furan rings is 1. The van der Waals surface area contributed by atoms with Gasteiger partial charge in [0.1, 0.15) is 5.76 Å². The fourth-order valence-corrected chi connectivity index (χ4v) is 1.75. The molecule has 0 spiro atoms. The van der Waals surface area contributed by atoms with Gasteiger partial charge in [-0.1, -0.05) is 13.8 Å². The van der Waals surface area contributed by atoms with Crippen LogP contribution in [-0.4, -0.2) is 23.4 Å². The molecular formula is C11H19N3O2. The van der Waals surface area contributed by atoms with Gasteiger partial charge in [0.2, 0.25) is 0 Å². The van der Waals surface area contributed by atoms with E-state index in [1.807, 2.05) is 30.9 Å². The van der Waals surface area contributed by atoms with Crippen LogP contribution in [-0.2, 0) is 11.3 Å². The molecule has 1 unspecified atom stereocenters. The molecule has 1 heterocycles. The van der Waals surface area contributed by atoms with Crippen LogP contribution in [0.4, 0.5) is 0 Å². The van der Waals surface area contributed by atoms with E-state index in [0.29, 0.717) is 6.54 Å². The average molecular weight is 225 g/mol. The first-order valence-corrected chi connectivity index (χ1v) is 5.49. The Morgan fingerprint density at radius 1 is 1.62 bits per heavy atom. The number of hydrazine groups is 1. The number of carbonyl (C=O) groups is 1. The SMILES string of the molecule is CCC(C(=O)NN)N(CC)Cc1ccco1. The molecule has 3 N–H and O–H groups in total. The predicted octanol–water partition coefficient (Wildman–Crippen LogP) is 0.870. The van der Waals surface area contributed by atoms with Crippen LogP contribution in [0.5, 0.6) is 0 Å². The van der Waals surface area contributed by atoms with Crippen molar-refractivity contribution in [1.82, 2.24) is 10.3 Å². The van der Waals surface area contributed by atoms with E-state index in [0.717, 1.165) is 18.7 Å². The zero-order chi connectivity index (χ0) is 12.0. The molecule has 1 aromatic heterocycles. The molecule has 1 rings (SSSR count). The van der Waals surface area contributed by atoms with Crippen molar-refractivity contribution in [3.63, 3.8) is 0 Å². The summed E-state index contributed by atoms with van der Waals surface area (Å²) in [5, 5.41) is 0. The first kappa shape index (κ1) is 12.7. The highest BCUT2D eigenvalue weighted by atomic mass is 16.3. The van der Waals surface area contributed by atoms with Gasteiger partial charge < -0.3 is 4.42 Å². The van der Waals surface area contributed by atoms with Crippen molar-refractivity contribution in [3.8, 4) is 0 Å². The topological polar surface area (TPSA) is 71.5 Å². The normalized spacial score (nSPS) is 12.8. The lowest BCUT2D eigenvalue weighted by Crippen LogP contribution is -2.48.